The van der Waals surface area contributed by atoms with Gasteiger partial charge in [0.05, 0.1) is 18.8 Å². The Kier molecular flexibility index (Phi) is 5.83. The third-order valence-electron chi connectivity index (χ3n) is 3.92. The van der Waals surface area contributed by atoms with Gasteiger partial charge < -0.3 is 20.7 Å². The Bertz CT molecular complexity index is 410. The molecule has 112 valence electrons. The molecule has 3 atom stereocenters. The molecule has 0 amide bonds. The van der Waals surface area contributed by atoms with Gasteiger partial charge in [-0.3, -0.25) is 0 Å². The minimum Gasteiger partial charge on any atom is -0.493 e. The Hall–Kier alpha value is -1.10. The van der Waals surface area contributed by atoms with E-state index in [1.165, 1.54) is 0 Å². The van der Waals surface area contributed by atoms with Gasteiger partial charge in [-0.15, -0.1) is 0 Å². The summed E-state index contributed by atoms with van der Waals surface area (Å²) in [7, 11) is 0. The van der Waals surface area contributed by atoms with E-state index in [1.54, 1.807) is 0 Å². The lowest BCUT2D eigenvalue weighted by Gasteiger charge is -2.25. The molecule has 4 heteroatoms. The molecule has 0 saturated heterocycles. The zero-order valence-corrected chi connectivity index (χ0v) is 11.9. The molecule has 1 unspecified atom stereocenters. The summed E-state index contributed by atoms with van der Waals surface area (Å²) in [5.74, 6) is 1.20. The molecular weight excluding hydrogens is 254 g/mol. The number of aliphatic hydroxyl groups excluding tert-OH is 2. The topological polar surface area (TPSA) is 75.7 Å². The summed E-state index contributed by atoms with van der Waals surface area (Å²) in [6, 6.07) is 7.55. The van der Waals surface area contributed by atoms with Crippen LogP contribution >= 0.6 is 0 Å². The van der Waals surface area contributed by atoms with E-state index in [0.717, 1.165) is 37.0 Å². The van der Waals surface area contributed by atoms with Gasteiger partial charge in [0.1, 0.15) is 5.75 Å². The zero-order chi connectivity index (χ0) is 14.4. The standard InChI is InChI=1S/C16H25NO3/c17-8-7-16(19)13-4-2-6-15(10-13)20-11-12-3-1-5-14(18)9-12/h2,4,6,10,12,14,16,18-19H,1,3,5,7-9,11,17H2/t12?,14-,16-/m1/s1. The van der Waals surface area contributed by atoms with E-state index >= 15 is 0 Å². The van der Waals surface area contributed by atoms with Crippen LogP contribution in [0.25, 0.3) is 0 Å². The molecule has 1 saturated carbocycles. The predicted molar refractivity (Wildman–Crippen MR) is 78.5 cm³/mol. The van der Waals surface area contributed by atoms with E-state index in [-0.39, 0.29) is 6.10 Å². The van der Waals surface area contributed by atoms with Crippen LogP contribution in [0.5, 0.6) is 5.75 Å². The molecule has 4 nitrogen and oxygen atoms in total. The van der Waals surface area contributed by atoms with Gasteiger partial charge in [0.15, 0.2) is 0 Å². The zero-order valence-electron chi connectivity index (χ0n) is 11.9. The maximum absolute atomic E-state index is 9.93. The summed E-state index contributed by atoms with van der Waals surface area (Å²) < 4.78 is 5.81. The van der Waals surface area contributed by atoms with Crippen LogP contribution in [-0.2, 0) is 0 Å². The highest BCUT2D eigenvalue weighted by atomic mass is 16.5. The van der Waals surface area contributed by atoms with Crippen molar-refractivity contribution in [2.24, 2.45) is 11.7 Å². The van der Waals surface area contributed by atoms with E-state index in [0.29, 0.717) is 25.5 Å². The third-order valence-corrected chi connectivity index (χ3v) is 3.92. The van der Waals surface area contributed by atoms with Crippen LogP contribution in [0.4, 0.5) is 0 Å². The molecule has 0 aliphatic heterocycles. The minimum absolute atomic E-state index is 0.171. The highest BCUT2D eigenvalue weighted by molar-refractivity contribution is 5.29. The number of benzene rings is 1. The third kappa shape index (κ3) is 4.47. The maximum atomic E-state index is 9.93. The van der Waals surface area contributed by atoms with Crippen LogP contribution < -0.4 is 10.5 Å². The van der Waals surface area contributed by atoms with Crippen molar-refractivity contribution >= 4 is 0 Å². The highest BCUT2D eigenvalue weighted by Gasteiger charge is 2.20. The number of hydrogen-bond donors (Lipinski definition) is 3. The molecule has 1 aromatic rings. The van der Waals surface area contributed by atoms with Gasteiger partial charge in [0.2, 0.25) is 0 Å². The summed E-state index contributed by atoms with van der Waals surface area (Å²) in [5, 5.41) is 19.6. The normalized spacial score (nSPS) is 24.4. The van der Waals surface area contributed by atoms with Crippen molar-refractivity contribution in [1.29, 1.82) is 0 Å². The second kappa shape index (κ2) is 7.62. The summed E-state index contributed by atoms with van der Waals surface area (Å²) in [6.45, 7) is 1.10. The van der Waals surface area contributed by atoms with Gasteiger partial charge in [-0.1, -0.05) is 18.6 Å². The maximum Gasteiger partial charge on any atom is 0.119 e. The SMILES string of the molecule is NCC[C@@H](O)c1cccc(OCC2CCC[C@@H](O)C2)c1. The lowest BCUT2D eigenvalue weighted by molar-refractivity contribution is 0.0809. The molecule has 0 spiro atoms. The number of hydrogen-bond acceptors (Lipinski definition) is 4. The monoisotopic (exact) mass is 279 g/mol. The van der Waals surface area contributed by atoms with Crippen molar-refractivity contribution in [2.45, 2.75) is 44.3 Å². The smallest absolute Gasteiger partial charge is 0.119 e. The fourth-order valence-electron chi connectivity index (χ4n) is 2.76. The second-order valence-electron chi connectivity index (χ2n) is 5.66. The van der Waals surface area contributed by atoms with E-state index in [4.69, 9.17) is 10.5 Å². The lowest BCUT2D eigenvalue weighted by atomic mass is 9.88. The first-order chi connectivity index (χ1) is 9.69. The first-order valence-electron chi connectivity index (χ1n) is 7.48. The number of ether oxygens (including phenoxy) is 1. The molecule has 4 N–H and O–H groups in total. The Balaban J connectivity index is 1.87. The first kappa shape index (κ1) is 15.3. The van der Waals surface area contributed by atoms with Crippen LogP contribution in [0.15, 0.2) is 24.3 Å². The fraction of sp³-hybridized carbons (Fsp3) is 0.625. The van der Waals surface area contributed by atoms with Gasteiger partial charge in [-0.25, -0.2) is 0 Å². The van der Waals surface area contributed by atoms with E-state index in [1.807, 2.05) is 24.3 Å². The summed E-state index contributed by atoms with van der Waals surface area (Å²) in [4.78, 5) is 0. The Morgan fingerprint density at radius 1 is 1.35 bits per heavy atom. The van der Waals surface area contributed by atoms with Gasteiger partial charge in [-0.05, 0) is 55.8 Å². The summed E-state index contributed by atoms with van der Waals surface area (Å²) >= 11 is 0. The molecule has 0 radical (unpaired) electrons. The first-order valence-corrected chi connectivity index (χ1v) is 7.48. The Morgan fingerprint density at radius 2 is 2.20 bits per heavy atom. The molecule has 2 rings (SSSR count). The number of rotatable bonds is 6. The molecule has 20 heavy (non-hydrogen) atoms. The number of aliphatic hydroxyl groups is 2. The molecule has 1 aliphatic carbocycles. The molecular formula is C16H25NO3. The quantitative estimate of drug-likeness (QED) is 0.744. The fourth-order valence-corrected chi connectivity index (χ4v) is 2.76. The van der Waals surface area contributed by atoms with Crippen molar-refractivity contribution < 1.29 is 14.9 Å². The molecule has 0 aromatic heterocycles. The molecule has 0 bridgehead atoms. The van der Waals surface area contributed by atoms with Crippen LogP contribution in [0, 0.1) is 5.92 Å². The number of nitrogens with two attached hydrogens (primary N) is 1. The van der Waals surface area contributed by atoms with Crippen molar-refractivity contribution in [3.63, 3.8) is 0 Å². The average Bonchev–Trinajstić information content (AvgIpc) is 2.46. The second-order valence-corrected chi connectivity index (χ2v) is 5.66. The largest absolute Gasteiger partial charge is 0.493 e. The van der Waals surface area contributed by atoms with Gasteiger partial charge in [0, 0.05) is 0 Å². The van der Waals surface area contributed by atoms with E-state index in [2.05, 4.69) is 0 Å². The predicted octanol–water partition coefficient (Wildman–Crippen LogP) is 2.00. The minimum atomic E-state index is -0.528. The van der Waals surface area contributed by atoms with Crippen molar-refractivity contribution in [1.82, 2.24) is 0 Å². The molecule has 1 fully saturated rings. The summed E-state index contributed by atoms with van der Waals surface area (Å²) in [5.41, 5.74) is 6.30. The van der Waals surface area contributed by atoms with Gasteiger partial charge in [0.25, 0.3) is 0 Å². The Labute approximate surface area is 120 Å². The van der Waals surface area contributed by atoms with Crippen LogP contribution in [0.2, 0.25) is 0 Å². The molecule has 1 aliphatic rings. The van der Waals surface area contributed by atoms with Crippen LogP contribution in [0.3, 0.4) is 0 Å². The molecule has 0 heterocycles. The van der Waals surface area contributed by atoms with Crippen molar-refractivity contribution in [2.75, 3.05) is 13.2 Å². The summed E-state index contributed by atoms with van der Waals surface area (Å²) in [6.07, 6.45) is 3.79. The van der Waals surface area contributed by atoms with Gasteiger partial charge >= 0.3 is 0 Å². The Morgan fingerprint density at radius 3 is 2.95 bits per heavy atom. The van der Waals surface area contributed by atoms with E-state index < -0.39 is 6.10 Å². The molecule has 1 aromatic carbocycles. The lowest BCUT2D eigenvalue weighted by Crippen LogP contribution is -2.24. The van der Waals surface area contributed by atoms with Crippen LogP contribution in [0.1, 0.15) is 43.8 Å². The van der Waals surface area contributed by atoms with E-state index in [9.17, 15) is 10.2 Å². The van der Waals surface area contributed by atoms with Crippen molar-refractivity contribution in [3.05, 3.63) is 29.8 Å². The van der Waals surface area contributed by atoms with Gasteiger partial charge in [-0.2, -0.15) is 0 Å². The van der Waals surface area contributed by atoms with Crippen LogP contribution in [-0.4, -0.2) is 29.5 Å². The average molecular weight is 279 g/mol. The highest BCUT2D eigenvalue weighted by Crippen LogP contribution is 2.26. The van der Waals surface area contributed by atoms with Crippen molar-refractivity contribution in [3.8, 4) is 5.75 Å².